The van der Waals surface area contributed by atoms with E-state index in [0.717, 1.165) is 12.2 Å². The van der Waals surface area contributed by atoms with Crippen LogP contribution in [0.25, 0.3) is 0 Å². The second-order valence-electron chi connectivity index (χ2n) is 2.55. The van der Waals surface area contributed by atoms with Crippen molar-refractivity contribution in [1.29, 1.82) is 0 Å². The van der Waals surface area contributed by atoms with Gasteiger partial charge in [-0.3, -0.25) is 0 Å². The highest BCUT2D eigenvalue weighted by Crippen LogP contribution is 2.12. The number of aromatic nitrogens is 1. The Labute approximate surface area is 67.3 Å². The standard InChI is InChI=1S/C8H13NS/c1-6-5-9-7(2)8(6)3-4-10/h5,9-10H,3-4H2,1-2H3. The quantitative estimate of drug-likeness (QED) is 0.608. The molecule has 0 aromatic carbocycles. The van der Waals surface area contributed by atoms with E-state index in [1.54, 1.807) is 0 Å². The van der Waals surface area contributed by atoms with Gasteiger partial charge in [0.15, 0.2) is 0 Å². The summed E-state index contributed by atoms with van der Waals surface area (Å²) in [4.78, 5) is 3.19. The fourth-order valence-electron chi connectivity index (χ4n) is 1.18. The van der Waals surface area contributed by atoms with E-state index in [-0.39, 0.29) is 0 Å². The predicted octanol–water partition coefficient (Wildman–Crippen LogP) is 2.10. The molecule has 0 radical (unpaired) electrons. The van der Waals surface area contributed by atoms with Crippen molar-refractivity contribution in [2.45, 2.75) is 20.3 Å². The second-order valence-corrected chi connectivity index (χ2v) is 3.00. The maximum absolute atomic E-state index is 4.19. The molecule has 1 heterocycles. The van der Waals surface area contributed by atoms with Crippen LogP contribution in [0, 0.1) is 13.8 Å². The summed E-state index contributed by atoms with van der Waals surface area (Å²) in [6.07, 6.45) is 3.12. The monoisotopic (exact) mass is 155 g/mol. The van der Waals surface area contributed by atoms with Gasteiger partial charge in [0.2, 0.25) is 0 Å². The van der Waals surface area contributed by atoms with Crippen molar-refractivity contribution < 1.29 is 0 Å². The lowest BCUT2D eigenvalue weighted by molar-refractivity contribution is 1.10. The third kappa shape index (κ3) is 1.37. The van der Waals surface area contributed by atoms with Crippen LogP contribution in [0.2, 0.25) is 0 Å². The summed E-state index contributed by atoms with van der Waals surface area (Å²) < 4.78 is 0. The number of nitrogens with one attached hydrogen (secondary N) is 1. The van der Waals surface area contributed by atoms with Crippen molar-refractivity contribution in [2.75, 3.05) is 5.75 Å². The summed E-state index contributed by atoms with van der Waals surface area (Å²) >= 11 is 4.19. The SMILES string of the molecule is Cc1c[nH]c(C)c1CCS. The molecule has 0 aliphatic heterocycles. The van der Waals surface area contributed by atoms with Gasteiger partial charge in [-0.15, -0.1) is 0 Å². The first-order chi connectivity index (χ1) is 4.75. The Morgan fingerprint density at radius 1 is 1.50 bits per heavy atom. The predicted molar refractivity (Wildman–Crippen MR) is 47.8 cm³/mol. The van der Waals surface area contributed by atoms with Gasteiger partial charge in [0.25, 0.3) is 0 Å². The Morgan fingerprint density at radius 2 is 2.20 bits per heavy atom. The number of hydrogen-bond acceptors (Lipinski definition) is 1. The first-order valence-corrected chi connectivity index (χ1v) is 4.13. The van der Waals surface area contributed by atoms with E-state index < -0.39 is 0 Å². The second kappa shape index (κ2) is 3.15. The zero-order valence-electron chi connectivity index (χ0n) is 6.44. The largest absolute Gasteiger partial charge is 0.365 e. The van der Waals surface area contributed by atoms with Crippen LogP contribution in [0.4, 0.5) is 0 Å². The van der Waals surface area contributed by atoms with Crippen LogP contribution in [0.5, 0.6) is 0 Å². The minimum atomic E-state index is 0.930. The van der Waals surface area contributed by atoms with E-state index >= 15 is 0 Å². The molecular weight excluding hydrogens is 142 g/mol. The molecule has 0 fully saturated rings. The molecule has 0 amide bonds. The van der Waals surface area contributed by atoms with Crippen LogP contribution >= 0.6 is 12.6 Å². The zero-order chi connectivity index (χ0) is 7.56. The Hall–Kier alpha value is -0.370. The van der Waals surface area contributed by atoms with Gasteiger partial charge in [0.05, 0.1) is 0 Å². The number of rotatable bonds is 2. The lowest BCUT2D eigenvalue weighted by Crippen LogP contribution is -1.88. The molecule has 1 aromatic heterocycles. The molecule has 1 nitrogen and oxygen atoms in total. The van der Waals surface area contributed by atoms with Crippen LogP contribution < -0.4 is 0 Å². The van der Waals surface area contributed by atoms with E-state index in [2.05, 4.69) is 31.5 Å². The molecule has 0 aliphatic rings. The van der Waals surface area contributed by atoms with Crippen LogP contribution in [0.15, 0.2) is 6.20 Å². The molecule has 0 bridgehead atoms. The van der Waals surface area contributed by atoms with E-state index in [9.17, 15) is 0 Å². The summed E-state index contributed by atoms with van der Waals surface area (Å²) in [6.45, 7) is 4.23. The summed E-state index contributed by atoms with van der Waals surface area (Å²) in [7, 11) is 0. The molecule has 0 spiro atoms. The van der Waals surface area contributed by atoms with Gasteiger partial charge in [-0.1, -0.05) is 0 Å². The number of hydrogen-bond donors (Lipinski definition) is 2. The van der Waals surface area contributed by atoms with Crippen molar-refractivity contribution >= 4 is 12.6 Å². The van der Waals surface area contributed by atoms with E-state index in [1.165, 1.54) is 16.8 Å². The summed E-state index contributed by atoms with van der Waals surface area (Å²) in [6, 6.07) is 0. The van der Waals surface area contributed by atoms with Gasteiger partial charge < -0.3 is 4.98 Å². The number of aromatic amines is 1. The summed E-state index contributed by atoms with van der Waals surface area (Å²) in [5, 5.41) is 0. The fraction of sp³-hybridized carbons (Fsp3) is 0.500. The molecule has 1 aromatic rings. The molecule has 0 saturated heterocycles. The topological polar surface area (TPSA) is 15.8 Å². The molecule has 1 N–H and O–H groups in total. The Morgan fingerprint density at radius 3 is 2.60 bits per heavy atom. The lowest BCUT2D eigenvalue weighted by Gasteiger charge is -1.96. The molecule has 0 aliphatic carbocycles. The molecule has 10 heavy (non-hydrogen) atoms. The fourth-order valence-corrected chi connectivity index (χ4v) is 1.41. The zero-order valence-corrected chi connectivity index (χ0v) is 7.33. The van der Waals surface area contributed by atoms with Crippen molar-refractivity contribution in [2.24, 2.45) is 0 Å². The molecular formula is C8H13NS. The normalized spacial score (nSPS) is 10.3. The average Bonchev–Trinajstić information content (AvgIpc) is 2.20. The highest BCUT2D eigenvalue weighted by molar-refractivity contribution is 7.80. The number of H-pyrrole nitrogens is 1. The molecule has 0 saturated carbocycles. The summed E-state index contributed by atoms with van der Waals surface area (Å²) in [5.41, 5.74) is 4.06. The third-order valence-corrected chi connectivity index (χ3v) is 2.02. The maximum atomic E-state index is 4.19. The van der Waals surface area contributed by atoms with Crippen LogP contribution in [-0.4, -0.2) is 10.7 Å². The third-order valence-electron chi connectivity index (χ3n) is 1.80. The maximum Gasteiger partial charge on any atom is 0.0151 e. The Bertz CT molecular complexity index is 196. The van der Waals surface area contributed by atoms with Crippen molar-refractivity contribution in [1.82, 2.24) is 4.98 Å². The van der Waals surface area contributed by atoms with E-state index in [4.69, 9.17) is 0 Å². The van der Waals surface area contributed by atoms with Gasteiger partial charge in [-0.2, -0.15) is 12.6 Å². The Balaban J connectivity index is 2.87. The van der Waals surface area contributed by atoms with Gasteiger partial charge in [-0.05, 0) is 37.1 Å². The van der Waals surface area contributed by atoms with E-state index in [0.29, 0.717) is 0 Å². The number of aryl methyl sites for hydroxylation is 2. The first-order valence-electron chi connectivity index (χ1n) is 3.50. The molecule has 56 valence electrons. The minimum Gasteiger partial charge on any atom is -0.365 e. The van der Waals surface area contributed by atoms with Crippen molar-refractivity contribution in [3.63, 3.8) is 0 Å². The summed E-state index contributed by atoms with van der Waals surface area (Å²) in [5.74, 6) is 0.930. The van der Waals surface area contributed by atoms with Gasteiger partial charge in [-0.25, -0.2) is 0 Å². The van der Waals surface area contributed by atoms with Crippen molar-refractivity contribution in [3.05, 3.63) is 23.0 Å². The molecule has 1 rings (SSSR count). The Kier molecular flexibility index (Phi) is 2.44. The van der Waals surface area contributed by atoms with Crippen LogP contribution in [-0.2, 0) is 6.42 Å². The van der Waals surface area contributed by atoms with Gasteiger partial charge >= 0.3 is 0 Å². The van der Waals surface area contributed by atoms with Crippen LogP contribution in [0.3, 0.4) is 0 Å². The highest BCUT2D eigenvalue weighted by atomic mass is 32.1. The molecule has 0 atom stereocenters. The van der Waals surface area contributed by atoms with Crippen molar-refractivity contribution in [3.8, 4) is 0 Å². The average molecular weight is 155 g/mol. The lowest BCUT2D eigenvalue weighted by atomic mass is 10.1. The molecule has 0 unspecified atom stereocenters. The smallest absolute Gasteiger partial charge is 0.0151 e. The number of thiol groups is 1. The van der Waals surface area contributed by atoms with Gasteiger partial charge in [0.1, 0.15) is 0 Å². The highest BCUT2D eigenvalue weighted by Gasteiger charge is 2.01. The van der Waals surface area contributed by atoms with Crippen LogP contribution in [0.1, 0.15) is 16.8 Å². The first kappa shape index (κ1) is 7.73. The minimum absolute atomic E-state index is 0.930. The van der Waals surface area contributed by atoms with Gasteiger partial charge in [0, 0.05) is 11.9 Å². The molecule has 2 heteroatoms. The van der Waals surface area contributed by atoms with E-state index in [1.807, 2.05) is 6.20 Å².